The molecule has 5 nitrogen and oxygen atoms in total. The van der Waals surface area contributed by atoms with Crippen molar-refractivity contribution in [3.05, 3.63) is 35.6 Å². The van der Waals surface area contributed by atoms with Gasteiger partial charge in [0.15, 0.2) is 0 Å². The Morgan fingerprint density at radius 1 is 1.25 bits per heavy atom. The number of carbonyl (C=O) groups is 3. The number of hydrogen-bond acceptors (Lipinski definition) is 4. The third-order valence-corrected chi connectivity index (χ3v) is 4.24. The molecule has 0 aliphatic carbocycles. The zero-order chi connectivity index (χ0) is 14.3. The minimum absolute atomic E-state index is 0.0133. The Morgan fingerprint density at radius 3 is 2.55 bits per heavy atom. The third kappa shape index (κ3) is 2.07. The first kappa shape index (κ1) is 13.1. The Labute approximate surface area is 118 Å². The highest BCUT2D eigenvalue weighted by atomic mass is 32.2. The lowest BCUT2D eigenvalue weighted by Gasteiger charge is -2.42. The predicted molar refractivity (Wildman–Crippen MR) is 70.8 cm³/mol. The zero-order valence-corrected chi connectivity index (χ0v) is 11.2. The molecule has 2 aliphatic heterocycles. The summed E-state index contributed by atoms with van der Waals surface area (Å²) in [5.74, 6) is -1.03. The van der Waals surface area contributed by atoms with E-state index >= 15 is 0 Å². The summed E-state index contributed by atoms with van der Waals surface area (Å²) in [6.45, 7) is 0.538. The van der Waals surface area contributed by atoms with Gasteiger partial charge in [0.2, 0.25) is 5.91 Å². The van der Waals surface area contributed by atoms with E-state index in [1.54, 1.807) is 6.07 Å². The number of benzene rings is 1. The lowest BCUT2D eigenvalue weighted by molar-refractivity contribution is -0.128. The van der Waals surface area contributed by atoms with Crippen LogP contribution in [0.3, 0.4) is 0 Å². The van der Waals surface area contributed by atoms with Gasteiger partial charge in [-0.25, -0.2) is 4.39 Å². The highest BCUT2D eigenvalue weighted by molar-refractivity contribution is 8.14. The van der Waals surface area contributed by atoms with Crippen LogP contribution < -0.4 is 0 Å². The average Bonchev–Trinajstić information content (AvgIpc) is 2.69. The monoisotopic (exact) mass is 294 g/mol. The molecular formula is C13H11FN2O3S. The van der Waals surface area contributed by atoms with Gasteiger partial charge in [-0.1, -0.05) is 23.9 Å². The van der Waals surface area contributed by atoms with Gasteiger partial charge in [-0.2, -0.15) is 0 Å². The molecular weight excluding hydrogens is 283 g/mol. The van der Waals surface area contributed by atoms with Crippen LogP contribution in [0.25, 0.3) is 0 Å². The summed E-state index contributed by atoms with van der Waals surface area (Å²) in [7, 11) is 0. The highest BCUT2D eigenvalue weighted by Gasteiger charge is 2.43. The van der Waals surface area contributed by atoms with Gasteiger partial charge in [-0.15, -0.1) is 0 Å². The Morgan fingerprint density at radius 2 is 1.95 bits per heavy atom. The molecule has 3 amide bonds. The van der Waals surface area contributed by atoms with Gasteiger partial charge in [0.1, 0.15) is 5.82 Å². The summed E-state index contributed by atoms with van der Waals surface area (Å²) in [4.78, 5) is 37.8. The molecule has 0 N–H and O–H groups in total. The fraction of sp³-hybridized carbons (Fsp3) is 0.308. The van der Waals surface area contributed by atoms with Crippen molar-refractivity contribution in [2.45, 2.75) is 6.04 Å². The quantitative estimate of drug-likeness (QED) is 0.826. The summed E-state index contributed by atoms with van der Waals surface area (Å²) in [5, 5.41) is -0.266. The van der Waals surface area contributed by atoms with E-state index in [1.807, 2.05) is 0 Å². The van der Waals surface area contributed by atoms with Crippen LogP contribution in [0.1, 0.15) is 10.4 Å². The number of halogens is 1. The molecule has 0 bridgehead atoms. The van der Waals surface area contributed by atoms with E-state index in [9.17, 15) is 18.8 Å². The van der Waals surface area contributed by atoms with Crippen molar-refractivity contribution in [2.24, 2.45) is 0 Å². The molecule has 2 aliphatic rings. The van der Waals surface area contributed by atoms with Crippen LogP contribution in [0.5, 0.6) is 0 Å². The topological polar surface area (TPSA) is 57.7 Å². The number of imide groups is 1. The maximum absolute atomic E-state index is 13.5. The van der Waals surface area contributed by atoms with Crippen molar-refractivity contribution in [3.8, 4) is 0 Å². The minimum Gasteiger partial charge on any atom is -0.334 e. The van der Waals surface area contributed by atoms with Gasteiger partial charge in [0, 0.05) is 13.1 Å². The molecule has 20 heavy (non-hydrogen) atoms. The van der Waals surface area contributed by atoms with E-state index < -0.39 is 11.7 Å². The number of hydrogen-bond donors (Lipinski definition) is 0. The molecule has 0 spiro atoms. The Hall–Kier alpha value is -1.89. The zero-order valence-electron chi connectivity index (χ0n) is 10.4. The Kier molecular flexibility index (Phi) is 3.21. The second-order valence-corrected chi connectivity index (χ2v) is 5.59. The number of likely N-dealkylation sites (tertiary alicyclic amines) is 1. The molecule has 2 heterocycles. The third-order valence-electron chi connectivity index (χ3n) is 3.40. The van der Waals surface area contributed by atoms with Gasteiger partial charge in [-0.05, 0) is 12.1 Å². The van der Waals surface area contributed by atoms with Crippen molar-refractivity contribution in [2.75, 3.05) is 18.8 Å². The first-order chi connectivity index (χ1) is 9.58. The van der Waals surface area contributed by atoms with Crippen LogP contribution in [0, 0.1) is 5.82 Å². The standard InChI is InChI=1S/C13H11FN2O3S/c14-10-4-2-1-3-9(10)12(18)15-5-8(6-15)16-11(17)7-20-13(16)19/h1-4,8H,5-7H2. The van der Waals surface area contributed by atoms with Crippen molar-refractivity contribution in [1.29, 1.82) is 0 Å². The predicted octanol–water partition coefficient (Wildman–Crippen LogP) is 1.35. The molecule has 2 fully saturated rings. The molecule has 0 unspecified atom stereocenters. The maximum Gasteiger partial charge on any atom is 0.289 e. The van der Waals surface area contributed by atoms with Crippen LogP contribution in [0.15, 0.2) is 24.3 Å². The highest BCUT2D eigenvalue weighted by Crippen LogP contribution is 2.27. The van der Waals surface area contributed by atoms with Crippen molar-refractivity contribution in [1.82, 2.24) is 9.80 Å². The van der Waals surface area contributed by atoms with Crippen molar-refractivity contribution < 1.29 is 18.8 Å². The summed E-state index contributed by atoms with van der Waals surface area (Å²) in [6.07, 6.45) is 0. The van der Waals surface area contributed by atoms with Crippen LogP contribution in [-0.2, 0) is 4.79 Å². The molecule has 2 saturated heterocycles. The lowest BCUT2D eigenvalue weighted by atomic mass is 10.0. The molecule has 0 saturated carbocycles. The summed E-state index contributed by atoms with van der Waals surface area (Å²) >= 11 is 0.974. The van der Waals surface area contributed by atoms with E-state index in [4.69, 9.17) is 0 Å². The van der Waals surface area contributed by atoms with Crippen LogP contribution in [-0.4, -0.2) is 51.7 Å². The molecule has 0 radical (unpaired) electrons. The van der Waals surface area contributed by atoms with Gasteiger partial charge in [0.25, 0.3) is 11.1 Å². The molecule has 7 heteroatoms. The molecule has 1 aromatic carbocycles. The van der Waals surface area contributed by atoms with Crippen molar-refractivity contribution >= 4 is 28.8 Å². The van der Waals surface area contributed by atoms with Gasteiger partial charge in [-0.3, -0.25) is 19.3 Å². The second kappa shape index (κ2) is 4.90. The lowest BCUT2D eigenvalue weighted by Crippen LogP contribution is -2.62. The smallest absolute Gasteiger partial charge is 0.289 e. The average molecular weight is 294 g/mol. The molecule has 0 aromatic heterocycles. The summed E-state index contributed by atoms with van der Waals surface area (Å²) < 4.78 is 13.5. The van der Waals surface area contributed by atoms with Crippen molar-refractivity contribution in [3.63, 3.8) is 0 Å². The SMILES string of the molecule is O=C(c1ccccc1F)N1CC(N2C(=O)CSC2=O)C1. The van der Waals surface area contributed by atoms with E-state index in [0.29, 0.717) is 0 Å². The van der Waals surface area contributed by atoms with Crippen LogP contribution in [0.4, 0.5) is 9.18 Å². The number of amides is 3. The number of thioether (sulfide) groups is 1. The van der Waals surface area contributed by atoms with E-state index in [2.05, 4.69) is 0 Å². The molecule has 1 aromatic rings. The molecule has 104 valence electrons. The number of rotatable bonds is 2. The first-order valence-corrected chi connectivity index (χ1v) is 7.09. The number of carbonyl (C=O) groups excluding carboxylic acids is 3. The van der Waals surface area contributed by atoms with Gasteiger partial charge in [0.05, 0.1) is 17.4 Å². The van der Waals surface area contributed by atoms with E-state index in [0.717, 1.165) is 11.8 Å². The second-order valence-electron chi connectivity index (χ2n) is 4.66. The first-order valence-electron chi connectivity index (χ1n) is 6.10. The van der Waals surface area contributed by atoms with Gasteiger partial charge < -0.3 is 4.90 Å². The maximum atomic E-state index is 13.5. The molecule has 3 rings (SSSR count). The number of nitrogens with zero attached hydrogens (tertiary/aromatic N) is 2. The molecule has 0 atom stereocenters. The minimum atomic E-state index is -0.565. The Balaban J connectivity index is 1.66. The fourth-order valence-electron chi connectivity index (χ4n) is 2.31. The van der Waals surface area contributed by atoms with Crippen LogP contribution in [0.2, 0.25) is 0 Å². The summed E-state index contributed by atoms with van der Waals surface area (Å²) in [6, 6.07) is 5.49. The van der Waals surface area contributed by atoms with E-state index in [-0.39, 0.29) is 41.6 Å². The Bertz CT molecular complexity index is 585. The largest absolute Gasteiger partial charge is 0.334 e. The fourth-order valence-corrected chi connectivity index (χ4v) is 3.08. The summed E-state index contributed by atoms with van der Waals surface area (Å²) in [5.41, 5.74) is 0.0133. The normalized spacial score (nSPS) is 19.4. The van der Waals surface area contributed by atoms with E-state index in [1.165, 1.54) is 28.0 Å². The van der Waals surface area contributed by atoms with Gasteiger partial charge >= 0.3 is 0 Å². The van der Waals surface area contributed by atoms with Crippen LogP contribution >= 0.6 is 11.8 Å².